The van der Waals surface area contributed by atoms with Gasteiger partial charge in [-0.1, -0.05) is 18.1 Å². The monoisotopic (exact) mass is 321 g/mol. The lowest BCUT2D eigenvalue weighted by Crippen LogP contribution is -2.51. The lowest BCUT2D eigenvalue weighted by atomic mass is 9.72. The van der Waals surface area contributed by atoms with Crippen molar-refractivity contribution < 1.29 is 4.79 Å². The topological polar surface area (TPSA) is 39.3 Å². The van der Waals surface area contributed by atoms with Gasteiger partial charge >= 0.3 is 0 Å². The molecule has 4 nitrogen and oxygen atoms in total. The Morgan fingerprint density at radius 3 is 3.12 bits per heavy atom. The maximum Gasteiger partial charge on any atom is 0.227 e. The molecule has 124 valence electrons. The Balaban J connectivity index is 1.69. The van der Waals surface area contributed by atoms with Crippen molar-refractivity contribution in [3.63, 3.8) is 0 Å². The van der Waals surface area contributed by atoms with Gasteiger partial charge in [-0.3, -0.25) is 4.79 Å². The minimum Gasteiger partial charge on any atom is -0.361 e. The Morgan fingerprint density at radius 2 is 2.33 bits per heavy atom. The molecule has 24 heavy (non-hydrogen) atoms. The van der Waals surface area contributed by atoms with Gasteiger partial charge in [0.15, 0.2) is 0 Å². The molecule has 2 aromatic rings. The molecule has 1 N–H and O–H groups in total. The molecule has 0 unspecified atom stereocenters. The highest BCUT2D eigenvalue weighted by Gasteiger charge is 2.41. The average Bonchev–Trinajstić information content (AvgIpc) is 3.00. The molecule has 0 radical (unpaired) electrons. The van der Waals surface area contributed by atoms with Crippen molar-refractivity contribution in [2.45, 2.75) is 24.8 Å². The molecule has 1 saturated heterocycles. The highest BCUT2D eigenvalue weighted by molar-refractivity contribution is 5.88. The lowest BCUT2D eigenvalue weighted by molar-refractivity contribution is -0.136. The van der Waals surface area contributed by atoms with E-state index in [4.69, 9.17) is 6.42 Å². The van der Waals surface area contributed by atoms with Gasteiger partial charge in [0.1, 0.15) is 0 Å². The molecule has 4 heteroatoms. The Bertz CT molecular complexity index is 831. The van der Waals surface area contributed by atoms with Crippen LogP contribution in [0.15, 0.2) is 24.4 Å². The van der Waals surface area contributed by atoms with Gasteiger partial charge in [0.25, 0.3) is 0 Å². The van der Waals surface area contributed by atoms with Gasteiger partial charge in [-0.05, 0) is 37.1 Å². The number of aromatic nitrogens is 1. The van der Waals surface area contributed by atoms with Crippen LogP contribution in [0, 0.1) is 18.3 Å². The van der Waals surface area contributed by atoms with Crippen molar-refractivity contribution in [2.24, 2.45) is 5.92 Å². The average molecular weight is 321 g/mol. The van der Waals surface area contributed by atoms with Gasteiger partial charge < -0.3 is 14.8 Å². The molecule has 1 amide bonds. The summed E-state index contributed by atoms with van der Waals surface area (Å²) in [5, 5.41) is 1.37. The second kappa shape index (κ2) is 5.68. The number of hydrogen-bond acceptors (Lipinski definition) is 2. The third-order valence-electron chi connectivity index (χ3n) is 5.78. The van der Waals surface area contributed by atoms with Crippen LogP contribution in [0.5, 0.6) is 0 Å². The predicted octanol–water partition coefficient (Wildman–Crippen LogP) is 2.22. The highest BCUT2D eigenvalue weighted by Crippen LogP contribution is 2.44. The van der Waals surface area contributed by atoms with E-state index in [0.717, 1.165) is 19.4 Å². The number of aromatic amines is 1. The fourth-order valence-electron chi connectivity index (χ4n) is 4.65. The summed E-state index contributed by atoms with van der Waals surface area (Å²) in [5.74, 6) is 3.16. The maximum absolute atomic E-state index is 12.7. The van der Waals surface area contributed by atoms with Crippen LogP contribution in [0.2, 0.25) is 0 Å². The number of nitrogens with one attached hydrogen (secondary N) is 1. The van der Waals surface area contributed by atoms with Crippen LogP contribution in [0.4, 0.5) is 0 Å². The van der Waals surface area contributed by atoms with E-state index in [9.17, 15) is 4.79 Å². The van der Waals surface area contributed by atoms with E-state index in [1.165, 1.54) is 22.0 Å². The molecule has 3 atom stereocenters. The number of rotatable bonds is 2. The second-order valence-electron chi connectivity index (χ2n) is 7.23. The third kappa shape index (κ3) is 2.23. The Labute approximate surface area is 142 Å². The molecule has 1 aromatic carbocycles. The van der Waals surface area contributed by atoms with Crippen molar-refractivity contribution in [1.82, 2.24) is 14.8 Å². The maximum atomic E-state index is 12.7. The summed E-state index contributed by atoms with van der Waals surface area (Å²) in [7, 11) is 3.95. The quantitative estimate of drug-likeness (QED) is 0.862. The summed E-state index contributed by atoms with van der Waals surface area (Å²) < 4.78 is 0. The van der Waals surface area contributed by atoms with Gasteiger partial charge in [-0.2, -0.15) is 0 Å². The van der Waals surface area contributed by atoms with Crippen LogP contribution in [0.25, 0.3) is 10.9 Å². The molecule has 1 aliphatic carbocycles. The Morgan fingerprint density at radius 1 is 1.50 bits per heavy atom. The number of likely N-dealkylation sites (N-methyl/N-ethyl adjacent to an activating group) is 1. The summed E-state index contributed by atoms with van der Waals surface area (Å²) >= 11 is 0. The number of nitrogens with zero attached hydrogens (tertiary/aromatic N) is 2. The molecule has 2 heterocycles. The minimum absolute atomic E-state index is 0.0188. The number of fused-ring (bicyclic) bond motifs is 2. The fraction of sp³-hybridized carbons (Fsp3) is 0.450. The minimum atomic E-state index is 0.0188. The lowest BCUT2D eigenvalue weighted by Gasteiger charge is -2.45. The van der Waals surface area contributed by atoms with Crippen molar-refractivity contribution in [1.29, 1.82) is 0 Å². The van der Waals surface area contributed by atoms with Gasteiger partial charge in [-0.15, -0.1) is 6.42 Å². The number of likely N-dealkylation sites (tertiary alicyclic amines) is 1. The molecular formula is C20H23N3O. The van der Waals surface area contributed by atoms with E-state index >= 15 is 0 Å². The number of carbonyl (C=O) groups is 1. The number of benzene rings is 1. The highest BCUT2D eigenvalue weighted by atomic mass is 16.2. The van der Waals surface area contributed by atoms with E-state index < -0.39 is 0 Å². The van der Waals surface area contributed by atoms with Crippen LogP contribution < -0.4 is 0 Å². The SMILES string of the molecule is C#CCN(C)C(=O)[C@@H]1C[C@@H]2c3cccc4[nH]cc(c34)C[C@H]2N(C)C1. The first-order valence-corrected chi connectivity index (χ1v) is 8.57. The van der Waals surface area contributed by atoms with Crippen LogP contribution in [-0.2, 0) is 11.2 Å². The molecule has 2 aliphatic rings. The first-order chi connectivity index (χ1) is 11.6. The zero-order valence-corrected chi connectivity index (χ0v) is 14.2. The Kier molecular flexibility index (Phi) is 3.62. The van der Waals surface area contributed by atoms with Crippen LogP contribution >= 0.6 is 0 Å². The first-order valence-electron chi connectivity index (χ1n) is 8.57. The summed E-state index contributed by atoms with van der Waals surface area (Å²) in [6.07, 6.45) is 9.48. The van der Waals surface area contributed by atoms with Gasteiger partial charge in [0.05, 0.1) is 12.5 Å². The van der Waals surface area contributed by atoms with Crippen molar-refractivity contribution in [3.05, 3.63) is 35.5 Å². The number of carbonyl (C=O) groups excluding carboxylic acids is 1. The van der Waals surface area contributed by atoms with Gasteiger partial charge in [-0.25, -0.2) is 0 Å². The van der Waals surface area contributed by atoms with Crippen molar-refractivity contribution >= 4 is 16.8 Å². The van der Waals surface area contributed by atoms with Crippen LogP contribution in [0.1, 0.15) is 23.5 Å². The standard InChI is InChI=1S/C20H23N3O/c1-4-8-22(2)20(24)14-9-16-15-6-5-7-17-19(15)13(11-21-17)10-18(16)23(3)12-14/h1,5-7,11,14,16,18,21H,8-10,12H2,2-3H3/t14-,16-,18-/m1/s1. The van der Waals surface area contributed by atoms with E-state index in [2.05, 4.69) is 47.2 Å². The van der Waals surface area contributed by atoms with Crippen molar-refractivity contribution in [3.8, 4) is 12.3 Å². The van der Waals surface area contributed by atoms with Crippen LogP contribution in [0.3, 0.4) is 0 Å². The van der Waals surface area contributed by atoms with Gasteiger partial charge in [0, 0.05) is 42.7 Å². The molecule has 0 spiro atoms. The number of terminal acetylenes is 1. The van der Waals surface area contributed by atoms with E-state index in [1.807, 2.05) is 0 Å². The molecule has 1 aromatic heterocycles. The zero-order valence-electron chi connectivity index (χ0n) is 14.2. The van der Waals surface area contributed by atoms with E-state index in [-0.39, 0.29) is 11.8 Å². The zero-order chi connectivity index (χ0) is 16.8. The summed E-state index contributed by atoms with van der Waals surface area (Å²) in [6, 6.07) is 6.97. The molecule has 0 bridgehead atoms. The largest absolute Gasteiger partial charge is 0.361 e. The van der Waals surface area contributed by atoms with Gasteiger partial charge in [0.2, 0.25) is 5.91 Å². The third-order valence-corrected chi connectivity index (χ3v) is 5.78. The Hall–Kier alpha value is -2.25. The molecule has 0 saturated carbocycles. The van der Waals surface area contributed by atoms with Crippen LogP contribution in [-0.4, -0.2) is 53.9 Å². The molecule has 1 aliphatic heterocycles. The number of H-pyrrole nitrogens is 1. The first kappa shape index (κ1) is 15.3. The summed E-state index contributed by atoms with van der Waals surface area (Å²) in [6.45, 7) is 1.19. The predicted molar refractivity (Wildman–Crippen MR) is 95.7 cm³/mol. The number of hydrogen-bond donors (Lipinski definition) is 1. The summed E-state index contributed by atoms with van der Waals surface area (Å²) in [5.41, 5.74) is 4.01. The molecular weight excluding hydrogens is 298 g/mol. The van der Waals surface area contributed by atoms with E-state index in [0.29, 0.717) is 18.5 Å². The fourth-order valence-corrected chi connectivity index (χ4v) is 4.65. The summed E-state index contributed by atoms with van der Waals surface area (Å²) in [4.78, 5) is 20.2. The second-order valence-corrected chi connectivity index (χ2v) is 7.23. The molecule has 4 rings (SSSR count). The van der Waals surface area contributed by atoms with Crippen molar-refractivity contribution in [2.75, 3.05) is 27.2 Å². The number of piperidine rings is 1. The smallest absolute Gasteiger partial charge is 0.227 e. The molecule has 1 fully saturated rings. The normalized spacial score (nSPS) is 26.0. The van der Waals surface area contributed by atoms with E-state index in [1.54, 1.807) is 11.9 Å². The number of amides is 1.